The minimum atomic E-state index is 0.467. The van der Waals surface area contributed by atoms with Crippen molar-refractivity contribution in [3.05, 3.63) is 0 Å². The highest BCUT2D eigenvalue weighted by molar-refractivity contribution is 4.84. The van der Waals surface area contributed by atoms with Crippen molar-refractivity contribution < 1.29 is 4.74 Å². The Labute approximate surface area is 106 Å². The maximum absolute atomic E-state index is 5.91. The number of ether oxygens (including phenoxy) is 1. The summed E-state index contributed by atoms with van der Waals surface area (Å²) in [5.74, 6) is 0.706. The summed E-state index contributed by atoms with van der Waals surface area (Å²) >= 11 is 0. The molecular weight excluding hydrogens is 212 g/mol. The van der Waals surface area contributed by atoms with Crippen molar-refractivity contribution in [2.24, 2.45) is 11.7 Å². The lowest BCUT2D eigenvalue weighted by Crippen LogP contribution is -2.46. The molecule has 3 heteroatoms. The maximum Gasteiger partial charge on any atom is 0.0702 e. The Morgan fingerprint density at radius 1 is 1.12 bits per heavy atom. The zero-order valence-electron chi connectivity index (χ0n) is 11.2. The quantitative estimate of drug-likeness (QED) is 0.817. The Morgan fingerprint density at radius 2 is 1.88 bits per heavy atom. The van der Waals surface area contributed by atoms with Crippen LogP contribution in [0.15, 0.2) is 0 Å². The molecule has 2 rings (SSSR count). The van der Waals surface area contributed by atoms with Gasteiger partial charge in [0.05, 0.1) is 6.10 Å². The first-order chi connectivity index (χ1) is 8.31. The van der Waals surface area contributed by atoms with E-state index in [0.29, 0.717) is 18.1 Å². The van der Waals surface area contributed by atoms with Gasteiger partial charge >= 0.3 is 0 Å². The summed E-state index contributed by atoms with van der Waals surface area (Å²) in [6, 6.07) is 0.694. The molecular formula is C14H28N2O. The van der Waals surface area contributed by atoms with E-state index in [1.807, 2.05) is 0 Å². The normalized spacial score (nSPS) is 35.1. The van der Waals surface area contributed by atoms with Crippen molar-refractivity contribution in [1.29, 1.82) is 0 Å². The Morgan fingerprint density at radius 3 is 2.59 bits per heavy atom. The van der Waals surface area contributed by atoms with Gasteiger partial charge in [-0.3, -0.25) is 0 Å². The zero-order valence-corrected chi connectivity index (χ0v) is 11.2. The van der Waals surface area contributed by atoms with Gasteiger partial charge in [-0.25, -0.2) is 0 Å². The maximum atomic E-state index is 5.91. The van der Waals surface area contributed by atoms with Gasteiger partial charge in [-0.05, 0) is 51.6 Å². The van der Waals surface area contributed by atoms with Crippen molar-refractivity contribution in [3.8, 4) is 0 Å². The van der Waals surface area contributed by atoms with Crippen molar-refractivity contribution in [3.63, 3.8) is 0 Å². The first-order valence-corrected chi connectivity index (χ1v) is 7.33. The SMILES string of the molecule is CN(CC1CCCCO1)C1CCCCC1CN. The van der Waals surface area contributed by atoms with Crippen LogP contribution in [0.5, 0.6) is 0 Å². The van der Waals surface area contributed by atoms with E-state index in [9.17, 15) is 0 Å². The third-order valence-corrected chi connectivity index (χ3v) is 4.50. The highest BCUT2D eigenvalue weighted by Gasteiger charge is 2.28. The fourth-order valence-electron chi connectivity index (χ4n) is 3.45. The van der Waals surface area contributed by atoms with Gasteiger partial charge in [0.15, 0.2) is 0 Å². The molecule has 0 aromatic heterocycles. The van der Waals surface area contributed by atoms with Crippen LogP contribution in [0.1, 0.15) is 44.9 Å². The van der Waals surface area contributed by atoms with E-state index in [4.69, 9.17) is 10.5 Å². The summed E-state index contributed by atoms with van der Waals surface area (Å²) in [4.78, 5) is 2.52. The summed E-state index contributed by atoms with van der Waals surface area (Å²) < 4.78 is 5.84. The summed E-state index contributed by atoms with van der Waals surface area (Å²) in [6.07, 6.45) is 9.67. The van der Waals surface area contributed by atoms with Crippen LogP contribution in [0.2, 0.25) is 0 Å². The number of likely N-dealkylation sites (N-methyl/N-ethyl adjacent to an activating group) is 1. The molecule has 1 aliphatic heterocycles. The average Bonchev–Trinajstić information content (AvgIpc) is 2.40. The zero-order chi connectivity index (χ0) is 12.1. The van der Waals surface area contributed by atoms with Gasteiger partial charge in [0.25, 0.3) is 0 Å². The van der Waals surface area contributed by atoms with Gasteiger partial charge in [0.1, 0.15) is 0 Å². The summed E-state index contributed by atoms with van der Waals surface area (Å²) in [5.41, 5.74) is 5.91. The monoisotopic (exact) mass is 240 g/mol. The Hall–Kier alpha value is -0.120. The number of hydrogen-bond acceptors (Lipinski definition) is 3. The van der Waals surface area contributed by atoms with Gasteiger partial charge < -0.3 is 15.4 Å². The lowest BCUT2D eigenvalue weighted by molar-refractivity contribution is -0.0163. The van der Waals surface area contributed by atoms with Crippen LogP contribution in [0, 0.1) is 5.92 Å². The van der Waals surface area contributed by atoms with E-state index in [-0.39, 0.29) is 0 Å². The van der Waals surface area contributed by atoms with Crippen LogP contribution in [0.4, 0.5) is 0 Å². The molecule has 100 valence electrons. The summed E-state index contributed by atoms with van der Waals surface area (Å²) in [5, 5.41) is 0. The molecule has 0 radical (unpaired) electrons. The van der Waals surface area contributed by atoms with Gasteiger partial charge in [-0.2, -0.15) is 0 Å². The van der Waals surface area contributed by atoms with Crippen LogP contribution in [0.3, 0.4) is 0 Å². The van der Waals surface area contributed by atoms with Crippen molar-refractivity contribution >= 4 is 0 Å². The molecule has 0 spiro atoms. The van der Waals surface area contributed by atoms with E-state index >= 15 is 0 Å². The second-order valence-electron chi connectivity index (χ2n) is 5.78. The molecule has 3 unspecified atom stereocenters. The Balaban J connectivity index is 1.82. The smallest absolute Gasteiger partial charge is 0.0702 e. The molecule has 3 nitrogen and oxygen atoms in total. The predicted octanol–water partition coefficient (Wildman–Crippen LogP) is 2.00. The van der Waals surface area contributed by atoms with Crippen LogP contribution in [-0.2, 0) is 4.74 Å². The molecule has 0 amide bonds. The largest absolute Gasteiger partial charge is 0.377 e. The number of nitrogens with two attached hydrogens (primary N) is 1. The average molecular weight is 240 g/mol. The van der Waals surface area contributed by atoms with Gasteiger partial charge in [-0.15, -0.1) is 0 Å². The first kappa shape index (κ1) is 13.3. The fourth-order valence-corrected chi connectivity index (χ4v) is 3.45. The molecule has 1 saturated carbocycles. The molecule has 1 aliphatic carbocycles. The van der Waals surface area contributed by atoms with E-state index < -0.39 is 0 Å². The van der Waals surface area contributed by atoms with E-state index in [1.165, 1.54) is 44.9 Å². The molecule has 17 heavy (non-hydrogen) atoms. The fraction of sp³-hybridized carbons (Fsp3) is 1.00. The lowest BCUT2D eigenvalue weighted by atomic mass is 9.83. The predicted molar refractivity (Wildman–Crippen MR) is 71.0 cm³/mol. The number of hydrogen-bond donors (Lipinski definition) is 1. The topological polar surface area (TPSA) is 38.5 Å². The number of rotatable bonds is 4. The van der Waals surface area contributed by atoms with E-state index in [2.05, 4.69) is 11.9 Å². The number of nitrogens with zero attached hydrogens (tertiary/aromatic N) is 1. The third-order valence-electron chi connectivity index (χ3n) is 4.50. The van der Waals surface area contributed by atoms with E-state index in [0.717, 1.165) is 19.7 Å². The van der Waals surface area contributed by atoms with Crippen molar-refractivity contribution in [1.82, 2.24) is 4.90 Å². The summed E-state index contributed by atoms with van der Waals surface area (Å²) in [7, 11) is 2.26. The molecule has 3 atom stereocenters. The van der Waals surface area contributed by atoms with Crippen LogP contribution in [0.25, 0.3) is 0 Å². The molecule has 0 aromatic rings. The second kappa shape index (κ2) is 6.72. The minimum Gasteiger partial charge on any atom is -0.377 e. The van der Waals surface area contributed by atoms with Gasteiger partial charge in [0.2, 0.25) is 0 Å². The van der Waals surface area contributed by atoms with E-state index in [1.54, 1.807) is 0 Å². The lowest BCUT2D eigenvalue weighted by Gasteiger charge is -2.39. The Kier molecular flexibility index (Phi) is 5.26. The highest BCUT2D eigenvalue weighted by atomic mass is 16.5. The van der Waals surface area contributed by atoms with Gasteiger partial charge in [-0.1, -0.05) is 12.8 Å². The molecule has 1 saturated heterocycles. The summed E-state index contributed by atoms with van der Waals surface area (Å²) in [6.45, 7) is 2.91. The second-order valence-corrected chi connectivity index (χ2v) is 5.78. The minimum absolute atomic E-state index is 0.467. The molecule has 2 aliphatic rings. The van der Waals surface area contributed by atoms with Crippen LogP contribution in [-0.4, -0.2) is 43.8 Å². The molecule has 2 N–H and O–H groups in total. The molecule has 0 bridgehead atoms. The molecule has 0 aromatic carbocycles. The highest BCUT2D eigenvalue weighted by Crippen LogP contribution is 2.28. The third kappa shape index (κ3) is 3.67. The molecule has 2 fully saturated rings. The van der Waals surface area contributed by atoms with Crippen molar-refractivity contribution in [2.45, 2.75) is 57.1 Å². The molecule has 1 heterocycles. The Bertz CT molecular complexity index is 216. The first-order valence-electron chi connectivity index (χ1n) is 7.33. The van der Waals surface area contributed by atoms with Gasteiger partial charge in [0, 0.05) is 19.2 Å². The van der Waals surface area contributed by atoms with Crippen LogP contribution >= 0.6 is 0 Å². The van der Waals surface area contributed by atoms with Crippen LogP contribution < -0.4 is 5.73 Å². The standard InChI is InChI=1S/C14H28N2O/c1-16(11-13-7-4-5-9-17-13)14-8-3-2-6-12(14)10-15/h12-14H,2-11,15H2,1H3. The van der Waals surface area contributed by atoms with Crippen molar-refractivity contribution in [2.75, 3.05) is 26.7 Å².